The van der Waals surface area contributed by atoms with Crippen LogP contribution in [-0.4, -0.2) is 37.0 Å². The monoisotopic (exact) mass is 226 g/mol. The first kappa shape index (κ1) is 13.5. The topological polar surface area (TPSA) is 32.3 Å². The molecule has 1 fully saturated rings. The summed E-state index contributed by atoms with van der Waals surface area (Å²) in [6, 6.07) is 0. The quantitative estimate of drug-likeness (QED) is 0.776. The largest absolute Gasteiger partial charge is 0.342 e. The smallest absolute Gasteiger partial charge is 0.225 e. The third kappa shape index (κ3) is 3.78. The summed E-state index contributed by atoms with van der Waals surface area (Å²) in [5, 5.41) is 3.31. The highest BCUT2D eigenvalue weighted by molar-refractivity contribution is 5.79. The molecule has 0 spiro atoms. The van der Waals surface area contributed by atoms with Gasteiger partial charge >= 0.3 is 0 Å². The van der Waals surface area contributed by atoms with Gasteiger partial charge in [-0.1, -0.05) is 20.3 Å². The minimum absolute atomic E-state index is 0.269. The van der Waals surface area contributed by atoms with Crippen molar-refractivity contribution in [2.45, 2.75) is 40.0 Å². The molecule has 0 aromatic heterocycles. The van der Waals surface area contributed by atoms with E-state index in [1.807, 2.05) is 4.90 Å². The lowest BCUT2D eigenvalue weighted by molar-refractivity contribution is -0.136. The number of carbonyl (C=O) groups excluding carboxylic acids is 1. The van der Waals surface area contributed by atoms with Gasteiger partial charge in [0.05, 0.1) is 0 Å². The van der Waals surface area contributed by atoms with Gasteiger partial charge in [-0.05, 0) is 38.8 Å². The van der Waals surface area contributed by atoms with Crippen LogP contribution in [0.5, 0.6) is 0 Å². The Kier molecular flexibility index (Phi) is 5.81. The van der Waals surface area contributed by atoms with Crippen LogP contribution in [0.25, 0.3) is 0 Å². The number of hydrogen-bond acceptors (Lipinski definition) is 2. The molecule has 0 aromatic rings. The van der Waals surface area contributed by atoms with E-state index in [1.165, 1.54) is 0 Å². The highest BCUT2D eigenvalue weighted by Gasteiger charge is 2.25. The second-order valence-corrected chi connectivity index (χ2v) is 4.91. The number of carbonyl (C=O) groups is 1. The molecule has 1 atom stereocenters. The van der Waals surface area contributed by atoms with E-state index in [0.29, 0.717) is 11.8 Å². The first-order valence-electron chi connectivity index (χ1n) is 6.68. The average Bonchev–Trinajstić information content (AvgIpc) is 2.35. The zero-order chi connectivity index (χ0) is 12.0. The molecule has 3 nitrogen and oxygen atoms in total. The minimum atomic E-state index is 0.269. The molecule has 1 amide bonds. The van der Waals surface area contributed by atoms with Crippen molar-refractivity contribution in [2.24, 2.45) is 11.8 Å². The lowest BCUT2D eigenvalue weighted by atomic mass is 9.96. The van der Waals surface area contributed by atoms with Gasteiger partial charge in [0.1, 0.15) is 0 Å². The zero-order valence-corrected chi connectivity index (χ0v) is 11.0. The molecular weight excluding hydrogens is 200 g/mol. The molecule has 3 heteroatoms. The Morgan fingerprint density at radius 1 is 1.38 bits per heavy atom. The van der Waals surface area contributed by atoms with Crippen LogP contribution in [0.15, 0.2) is 0 Å². The fourth-order valence-electron chi connectivity index (χ4n) is 2.21. The van der Waals surface area contributed by atoms with Gasteiger partial charge in [-0.25, -0.2) is 0 Å². The van der Waals surface area contributed by atoms with Crippen molar-refractivity contribution in [2.75, 3.05) is 26.2 Å². The van der Waals surface area contributed by atoms with Crippen LogP contribution in [-0.2, 0) is 4.79 Å². The van der Waals surface area contributed by atoms with Crippen LogP contribution in [0.2, 0.25) is 0 Å². The summed E-state index contributed by atoms with van der Waals surface area (Å²) >= 11 is 0. The van der Waals surface area contributed by atoms with Gasteiger partial charge in [-0.2, -0.15) is 0 Å². The maximum absolute atomic E-state index is 12.3. The van der Waals surface area contributed by atoms with Gasteiger partial charge in [0, 0.05) is 19.0 Å². The third-order valence-electron chi connectivity index (χ3n) is 3.61. The Hall–Kier alpha value is -0.570. The predicted molar refractivity (Wildman–Crippen MR) is 67.3 cm³/mol. The number of nitrogens with one attached hydrogen (secondary N) is 1. The molecule has 0 aliphatic carbocycles. The van der Waals surface area contributed by atoms with Crippen molar-refractivity contribution in [3.05, 3.63) is 0 Å². The van der Waals surface area contributed by atoms with Gasteiger partial charge in [0.2, 0.25) is 5.91 Å². The summed E-state index contributed by atoms with van der Waals surface area (Å²) < 4.78 is 0. The molecule has 1 saturated heterocycles. The Bertz CT molecular complexity index is 212. The molecule has 1 aliphatic heterocycles. The summed E-state index contributed by atoms with van der Waals surface area (Å²) in [6.07, 6.45) is 3.17. The Labute approximate surface area is 99.6 Å². The van der Waals surface area contributed by atoms with Crippen molar-refractivity contribution in [1.82, 2.24) is 10.2 Å². The predicted octanol–water partition coefficient (Wildman–Crippen LogP) is 1.88. The van der Waals surface area contributed by atoms with Crippen molar-refractivity contribution in [3.8, 4) is 0 Å². The fourth-order valence-corrected chi connectivity index (χ4v) is 2.21. The molecule has 0 aromatic carbocycles. The Morgan fingerprint density at radius 3 is 2.50 bits per heavy atom. The first-order valence-corrected chi connectivity index (χ1v) is 6.68. The van der Waals surface area contributed by atoms with Crippen LogP contribution in [0, 0.1) is 11.8 Å². The molecule has 0 saturated carbocycles. The molecule has 0 radical (unpaired) electrons. The number of amides is 1. The fraction of sp³-hybridized carbons (Fsp3) is 0.923. The van der Waals surface area contributed by atoms with Crippen LogP contribution >= 0.6 is 0 Å². The van der Waals surface area contributed by atoms with Gasteiger partial charge < -0.3 is 10.2 Å². The van der Waals surface area contributed by atoms with Crippen molar-refractivity contribution >= 4 is 5.91 Å². The van der Waals surface area contributed by atoms with Crippen molar-refractivity contribution in [3.63, 3.8) is 0 Å². The van der Waals surface area contributed by atoms with Crippen LogP contribution in [0.1, 0.15) is 40.0 Å². The molecule has 1 rings (SSSR count). The van der Waals surface area contributed by atoms with E-state index in [0.717, 1.165) is 45.4 Å². The highest BCUT2D eigenvalue weighted by atomic mass is 16.2. The van der Waals surface area contributed by atoms with E-state index >= 15 is 0 Å². The number of hydrogen-bond donors (Lipinski definition) is 1. The van der Waals surface area contributed by atoms with Gasteiger partial charge in [-0.15, -0.1) is 0 Å². The summed E-state index contributed by atoms with van der Waals surface area (Å²) in [4.78, 5) is 14.3. The molecule has 94 valence electrons. The second kappa shape index (κ2) is 6.89. The van der Waals surface area contributed by atoms with Crippen molar-refractivity contribution < 1.29 is 4.79 Å². The molecule has 0 bridgehead atoms. The van der Waals surface area contributed by atoms with E-state index < -0.39 is 0 Å². The van der Waals surface area contributed by atoms with Crippen LogP contribution in [0.3, 0.4) is 0 Å². The van der Waals surface area contributed by atoms with Gasteiger partial charge in [0.25, 0.3) is 0 Å². The minimum Gasteiger partial charge on any atom is -0.342 e. The van der Waals surface area contributed by atoms with Gasteiger partial charge in [-0.3, -0.25) is 4.79 Å². The Balaban J connectivity index is 2.47. The zero-order valence-electron chi connectivity index (χ0n) is 11.0. The van der Waals surface area contributed by atoms with E-state index in [1.54, 1.807) is 0 Å². The normalized spacial score (nSPS) is 19.4. The molecule has 1 unspecified atom stereocenters. The average molecular weight is 226 g/mol. The second-order valence-electron chi connectivity index (χ2n) is 4.91. The van der Waals surface area contributed by atoms with Gasteiger partial charge in [0.15, 0.2) is 0 Å². The van der Waals surface area contributed by atoms with Crippen LogP contribution in [0.4, 0.5) is 0 Å². The number of piperidine rings is 1. The highest BCUT2D eigenvalue weighted by Crippen LogP contribution is 2.16. The van der Waals surface area contributed by atoms with E-state index in [4.69, 9.17) is 0 Å². The van der Waals surface area contributed by atoms with E-state index in [9.17, 15) is 4.79 Å². The summed E-state index contributed by atoms with van der Waals surface area (Å²) in [7, 11) is 0. The SMILES string of the molecule is CCC(C)CN(CC)C(=O)C1CCNCC1. The molecule has 16 heavy (non-hydrogen) atoms. The van der Waals surface area contributed by atoms with Crippen LogP contribution < -0.4 is 5.32 Å². The molecular formula is C13H26N2O. The Morgan fingerprint density at radius 2 is 2.00 bits per heavy atom. The summed E-state index contributed by atoms with van der Waals surface area (Å²) in [5.74, 6) is 1.26. The lowest BCUT2D eigenvalue weighted by Crippen LogP contribution is -2.42. The third-order valence-corrected chi connectivity index (χ3v) is 3.61. The summed E-state index contributed by atoms with van der Waals surface area (Å²) in [6.45, 7) is 10.3. The van der Waals surface area contributed by atoms with E-state index in [2.05, 4.69) is 26.1 Å². The first-order chi connectivity index (χ1) is 7.69. The lowest BCUT2D eigenvalue weighted by Gasteiger charge is -2.30. The maximum Gasteiger partial charge on any atom is 0.225 e. The standard InChI is InChI=1S/C13H26N2O/c1-4-11(3)10-15(5-2)13(16)12-6-8-14-9-7-12/h11-12,14H,4-10H2,1-3H3. The molecule has 1 N–H and O–H groups in total. The van der Waals surface area contributed by atoms with E-state index in [-0.39, 0.29) is 5.92 Å². The number of rotatable bonds is 5. The maximum atomic E-state index is 12.3. The van der Waals surface area contributed by atoms with Crippen molar-refractivity contribution in [1.29, 1.82) is 0 Å². The molecule has 1 heterocycles. The number of nitrogens with zero attached hydrogens (tertiary/aromatic N) is 1. The molecule has 1 aliphatic rings. The summed E-state index contributed by atoms with van der Waals surface area (Å²) in [5.41, 5.74) is 0.